The summed E-state index contributed by atoms with van der Waals surface area (Å²) in [6, 6.07) is 8.71. The van der Waals surface area contributed by atoms with Crippen molar-refractivity contribution in [2.45, 2.75) is 24.8 Å². The number of thiophene rings is 1. The van der Waals surface area contributed by atoms with Crippen molar-refractivity contribution >= 4 is 38.9 Å². The molecule has 27 heavy (non-hydrogen) atoms. The van der Waals surface area contributed by atoms with E-state index in [-0.39, 0.29) is 16.7 Å². The van der Waals surface area contributed by atoms with Gasteiger partial charge in [-0.1, -0.05) is 26.0 Å². The average molecular weight is 410 g/mol. The fourth-order valence-electron chi connectivity index (χ4n) is 2.32. The smallest absolute Gasteiger partial charge is 0.262 e. The number of rotatable bonds is 7. The summed E-state index contributed by atoms with van der Waals surface area (Å²) >= 11 is 1.29. The molecule has 7 nitrogen and oxygen atoms in total. The first-order valence-corrected chi connectivity index (χ1v) is 10.6. The van der Waals surface area contributed by atoms with Gasteiger partial charge in [0.15, 0.2) is 0 Å². The minimum Gasteiger partial charge on any atom is -0.339 e. The SMILES string of the molecule is CC(C)C(NC(=O)c1cccs1)C(=O)Nc1cccc(S(=O)(=O)N(C)C)c1. The lowest BCUT2D eigenvalue weighted by Gasteiger charge is -2.21. The zero-order valence-electron chi connectivity index (χ0n) is 15.6. The number of nitrogens with zero attached hydrogens (tertiary/aromatic N) is 1. The molecular weight excluding hydrogens is 386 g/mol. The summed E-state index contributed by atoms with van der Waals surface area (Å²) in [5.41, 5.74) is 0.346. The lowest BCUT2D eigenvalue weighted by Crippen LogP contribution is -2.46. The van der Waals surface area contributed by atoms with Crippen LogP contribution in [0.4, 0.5) is 5.69 Å². The highest BCUT2D eigenvalue weighted by molar-refractivity contribution is 7.89. The highest BCUT2D eigenvalue weighted by Crippen LogP contribution is 2.19. The topological polar surface area (TPSA) is 95.6 Å². The second-order valence-corrected chi connectivity index (χ2v) is 9.58. The first-order valence-electron chi connectivity index (χ1n) is 8.30. The van der Waals surface area contributed by atoms with Crippen LogP contribution < -0.4 is 10.6 Å². The molecule has 0 spiro atoms. The van der Waals surface area contributed by atoms with Crippen molar-refractivity contribution in [1.29, 1.82) is 0 Å². The molecule has 0 aliphatic heterocycles. The van der Waals surface area contributed by atoms with E-state index < -0.39 is 22.0 Å². The number of anilines is 1. The molecule has 1 heterocycles. The van der Waals surface area contributed by atoms with Crippen LogP contribution in [0, 0.1) is 5.92 Å². The number of sulfonamides is 1. The number of hydrogen-bond acceptors (Lipinski definition) is 5. The Bertz CT molecular complexity index is 906. The minimum atomic E-state index is -3.61. The molecule has 0 radical (unpaired) electrons. The fourth-order valence-corrected chi connectivity index (χ4v) is 3.90. The maximum Gasteiger partial charge on any atom is 0.262 e. The van der Waals surface area contributed by atoms with Crippen LogP contribution in [-0.2, 0) is 14.8 Å². The number of hydrogen-bond donors (Lipinski definition) is 2. The molecule has 1 aromatic carbocycles. The Morgan fingerprint density at radius 2 is 1.81 bits per heavy atom. The summed E-state index contributed by atoms with van der Waals surface area (Å²) < 4.78 is 25.6. The Hall–Kier alpha value is -2.23. The summed E-state index contributed by atoms with van der Waals surface area (Å²) in [5.74, 6) is -0.875. The molecule has 0 saturated heterocycles. The predicted molar refractivity (Wildman–Crippen MR) is 106 cm³/mol. The molecule has 2 aromatic rings. The standard InChI is InChI=1S/C18H23N3O4S2/c1-12(2)16(20-17(22)15-9-6-10-26-15)18(23)19-13-7-5-8-14(11-13)27(24,25)21(3)4/h5-12,16H,1-4H3,(H,19,23)(H,20,22). The van der Waals surface area contributed by atoms with Crippen molar-refractivity contribution in [1.82, 2.24) is 9.62 Å². The van der Waals surface area contributed by atoms with E-state index in [9.17, 15) is 18.0 Å². The van der Waals surface area contributed by atoms with Gasteiger partial charge in [-0.05, 0) is 35.6 Å². The Labute approximate surface area is 163 Å². The van der Waals surface area contributed by atoms with E-state index >= 15 is 0 Å². The van der Waals surface area contributed by atoms with Crippen LogP contribution in [0.3, 0.4) is 0 Å². The van der Waals surface area contributed by atoms with Gasteiger partial charge in [-0.15, -0.1) is 11.3 Å². The molecule has 9 heteroatoms. The Morgan fingerprint density at radius 1 is 1.11 bits per heavy atom. The van der Waals surface area contributed by atoms with Gasteiger partial charge in [-0.25, -0.2) is 12.7 Å². The second-order valence-electron chi connectivity index (χ2n) is 6.48. The normalized spacial score (nSPS) is 12.8. The van der Waals surface area contributed by atoms with Gasteiger partial charge in [0.25, 0.3) is 5.91 Å². The van der Waals surface area contributed by atoms with E-state index in [0.29, 0.717) is 10.6 Å². The van der Waals surface area contributed by atoms with Crippen LogP contribution in [0.2, 0.25) is 0 Å². The summed E-state index contributed by atoms with van der Waals surface area (Å²) in [5, 5.41) is 7.21. The van der Waals surface area contributed by atoms with Crippen molar-refractivity contribution in [3.63, 3.8) is 0 Å². The Balaban J connectivity index is 2.17. The van der Waals surface area contributed by atoms with Crippen molar-refractivity contribution in [2.75, 3.05) is 19.4 Å². The zero-order valence-corrected chi connectivity index (χ0v) is 17.2. The molecule has 1 aromatic heterocycles. The van der Waals surface area contributed by atoms with E-state index in [4.69, 9.17) is 0 Å². The van der Waals surface area contributed by atoms with Gasteiger partial charge in [0.1, 0.15) is 6.04 Å². The molecule has 2 N–H and O–H groups in total. The molecule has 1 atom stereocenters. The molecule has 1 unspecified atom stereocenters. The number of benzene rings is 1. The number of nitrogens with one attached hydrogen (secondary N) is 2. The maximum atomic E-state index is 12.7. The van der Waals surface area contributed by atoms with Gasteiger partial charge < -0.3 is 10.6 Å². The number of carbonyl (C=O) groups is 2. The van der Waals surface area contributed by atoms with E-state index in [1.807, 2.05) is 13.8 Å². The first kappa shape index (κ1) is 21.1. The molecule has 0 aliphatic carbocycles. The van der Waals surface area contributed by atoms with E-state index in [1.54, 1.807) is 29.6 Å². The monoisotopic (exact) mass is 409 g/mol. The van der Waals surface area contributed by atoms with Crippen LogP contribution in [0.1, 0.15) is 23.5 Å². The molecule has 2 amide bonds. The van der Waals surface area contributed by atoms with Gasteiger partial charge in [-0.3, -0.25) is 9.59 Å². The number of amides is 2. The molecule has 2 rings (SSSR count). The predicted octanol–water partition coefficient (Wildman–Crippen LogP) is 2.39. The van der Waals surface area contributed by atoms with E-state index in [2.05, 4.69) is 10.6 Å². The lowest BCUT2D eigenvalue weighted by atomic mass is 10.0. The van der Waals surface area contributed by atoms with Crippen molar-refractivity contribution < 1.29 is 18.0 Å². The van der Waals surface area contributed by atoms with Gasteiger partial charge in [0, 0.05) is 19.8 Å². The number of carbonyl (C=O) groups excluding carboxylic acids is 2. The van der Waals surface area contributed by atoms with E-state index in [0.717, 1.165) is 4.31 Å². The van der Waals surface area contributed by atoms with Crippen molar-refractivity contribution in [3.05, 3.63) is 46.7 Å². The van der Waals surface area contributed by atoms with Crippen molar-refractivity contribution in [2.24, 2.45) is 5.92 Å². The molecule has 0 saturated carbocycles. The van der Waals surface area contributed by atoms with Crippen LogP contribution in [0.15, 0.2) is 46.7 Å². The highest BCUT2D eigenvalue weighted by Gasteiger charge is 2.25. The van der Waals surface area contributed by atoms with Gasteiger partial charge in [0.2, 0.25) is 15.9 Å². The summed E-state index contributed by atoms with van der Waals surface area (Å²) in [7, 11) is -0.727. The van der Waals surface area contributed by atoms with Gasteiger partial charge in [0.05, 0.1) is 9.77 Å². The second kappa shape index (κ2) is 8.64. The maximum absolute atomic E-state index is 12.7. The van der Waals surface area contributed by atoms with Crippen LogP contribution in [0.5, 0.6) is 0 Å². The summed E-state index contributed by atoms with van der Waals surface area (Å²) in [4.78, 5) is 25.5. The quantitative estimate of drug-likeness (QED) is 0.734. The molecule has 0 aliphatic rings. The minimum absolute atomic E-state index is 0.0778. The Kier molecular flexibility index (Phi) is 6.74. The lowest BCUT2D eigenvalue weighted by molar-refractivity contribution is -0.118. The van der Waals surface area contributed by atoms with Crippen molar-refractivity contribution in [3.8, 4) is 0 Å². The molecule has 146 valence electrons. The first-order chi connectivity index (χ1) is 12.6. The molecule has 0 fully saturated rings. The molecule has 0 bridgehead atoms. The molecular formula is C18H23N3O4S2. The third-order valence-electron chi connectivity index (χ3n) is 3.86. The van der Waals surface area contributed by atoms with Crippen LogP contribution in [-0.4, -0.2) is 44.7 Å². The summed E-state index contributed by atoms with van der Waals surface area (Å²) in [6.45, 7) is 3.65. The summed E-state index contributed by atoms with van der Waals surface area (Å²) in [6.07, 6.45) is 0. The van der Waals surface area contributed by atoms with E-state index in [1.165, 1.54) is 37.6 Å². The average Bonchev–Trinajstić information content (AvgIpc) is 3.13. The third kappa shape index (κ3) is 5.15. The van der Waals surface area contributed by atoms with Gasteiger partial charge >= 0.3 is 0 Å². The van der Waals surface area contributed by atoms with Crippen LogP contribution in [0.25, 0.3) is 0 Å². The fraction of sp³-hybridized carbons (Fsp3) is 0.333. The highest BCUT2D eigenvalue weighted by atomic mass is 32.2. The largest absolute Gasteiger partial charge is 0.339 e. The Morgan fingerprint density at radius 3 is 2.37 bits per heavy atom. The zero-order chi connectivity index (χ0) is 20.2. The van der Waals surface area contributed by atoms with Gasteiger partial charge in [-0.2, -0.15) is 0 Å². The van der Waals surface area contributed by atoms with Crippen LogP contribution >= 0.6 is 11.3 Å². The third-order valence-corrected chi connectivity index (χ3v) is 6.54.